The zero-order valence-electron chi connectivity index (χ0n) is 15.1. The number of halogens is 1. The maximum absolute atomic E-state index is 11.9. The molecule has 25 heavy (non-hydrogen) atoms. The van der Waals surface area contributed by atoms with Gasteiger partial charge < -0.3 is 10.5 Å². The number of alkyl carbamates (subject to hydrolysis) is 1. The number of imide groups is 1. The quantitative estimate of drug-likeness (QED) is 0.560. The van der Waals surface area contributed by atoms with Crippen molar-refractivity contribution in [2.45, 2.75) is 64.4 Å². The smallest absolute Gasteiger partial charge is 0.414 e. The van der Waals surface area contributed by atoms with Gasteiger partial charge in [0.2, 0.25) is 5.91 Å². The highest BCUT2D eigenvalue weighted by atomic mass is 79.9. The van der Waals surface area contributed by atoms with Crippen LogP contribution in [0.4, 0.5) is 4.79 Å². The van der Waals surface area contributed by atoms with E-state index in [0.717, 1.165) is 55.1 Å². The molecule has 0 heterocycles. The van der Waals surface area contributed by atoms with Crippen molar-refractivity contribution in [1.29, 1.82) is 0 Å². The molecule has 1 aromatic rings. The van der Waals surface area contributed by atoms with Crippen molar-refractivity contribution in [1.82, 2.24) is 5.32 Å². The third-order valence-electron chi connectivity index (χ3n) is 3.87. The molecule has 0 radical (unpaired) electrons. The van der Waals surface area contributed by atoms with Gasteiger partial charge >= 0.3 is 6.09 Å². The number of ether oxygens (including phenoxy) is 1. The van der Waals surface area contributed by atoms with Gasteiger partial charge in [0.15, 0.2) is 0 Å². The summed E-state index contributed by atoms with van der Waals surface area (Å²) in [5.41, 5.74) is 5.72. The van der Waals surface area contributed by atoms with E-state index in [9.17, 15) is 9.59 Å². The lowest BCUT2D eigenvalue weighted by Crippen LogP contribution is -2.38. The van der Waals surface area contributed by atoms with E-state index < -0.39 is 11.7 Å². The largest absolute Gasteiger partial charge is 0.443 e. The van der Waals surface area contributed by atoms with Crippen molar-refractivity contribution in [3.63, 3.8) is 0 Å². The number of hydrogen-bond donors (Lipinski definition) is 2. The SMILES string of the molecule is CC(C)(CCCCCCCN)OC(=O)NC(=O)Cc1ccc(Br)cc1. The highest BCUT2D eigenvalue weighted by molar-refractivity contribution is 9.10. The second-order valence-corrected chi connectivity index (χ2v) is 7.72. The van der Waals surface area contributed by atoms with Crippen LogP contribution in [0.25, 0.3) is 0 Å². The molecule has 0 aromatic heterocycles. The second-order valence-electron chi connectivity index (χ2n) is 6.81. The summed E-state index contributed by atoms with van der Waals surface area (Å²) in [7, 11) is 0. The standard InChI is InChI=1S/C19H29BrN2O3/c1-19(2,12-6-4-3-5-7-13-21)25-18(24)22-17(23)14-15-8-10-16(20)11-9-15/h8-11H,3-7,12-14,21H2,1-2H3,(H,22,23,24). The summed E-state index contributed by atoms with van der Waals surface area (Å²) in [5.74, 6) is -0.370. The van der Waals surface area contributed by atoms with E-state index in [2.05, 4.69) is 21.2 Å². The average Bonchev–Trinajstić information content (AvgIpc) is 2.52. The lowest BCUT2D eigenvalue weighted by molar-refractivity contribution is -0.120. The predicted molar refractivity (Wildman–Crippen MR) is 103 cm³/mol. The Balaban J connectivity index is 2.28. The molecule has 0 bridgehead atoms. The van der Waals surface area contributed by atoms with Gasteiger partial charge in [0, 0.05) is 4.47 Å². The van der Waals surface area contributed by atoms with Gasteiger partial charge in [-0.1, -0.05) is 47.3 Å². The molecule has 1 rings (SSSR count). The minimum atomic E-state index is -0.685. The van der Waals surface area contributed by atoms with E-state index in [1.54, 1.807) is 0 Å². The Morgan fingerprint density at radius 1 is 1.08 bits per heavy atom. The molecule has 6 heteroatoms. The number of carbonyl (C=O) groups is 2. The van der Waals surface area contributed by atoms with E-state index >= 15 is 0 Å². The van der Waals surface area contributed by atoms with Crippen LogP contribution in [0.15, 0.2) is 28.7 Å². The number of amides is 2. The molecule has 1 aromatic carbocycles. The third-order valence-corrected chi connectivity index (χ3v) is 4.40. The molecular formula is C19H29BrN2O3. The molecule has 0 unspecified atom stereocenters. The van der Waals surface area contributed by atoms with Crippen molar-refractivity contribution in [3.8, 4) is 0 Å². The number of benzene rings is 1. The van der Waals surface area contributed by atoms with Gasteiger partial charge in [0.05, 0.1) is 6.42 Å². The van der Waals surface area contributed by atoms with Gasteiger partial charge in [-0.3, -0.25) is 10.1 Å². The van der Waals surface area contributed by atoms with Crippen LogP contribution in [-0.4, -0.2) is 24.1 Å². The topological polar surface area (TPSA) is 81.4 Å². The van der Waals surface area contributed by atoms with Gasteiger partial charge in [-0.15, -0.1) is 0 Å². The van der Waals surface area contributed by atoms with Crippen molar-refractivity contribution < 1.29 is 14.3 Å². The summed E-state index contributed by atoms with van der Waals surface area (Å²) in [4.78, 5) is 23.8. The first-order valence-electron chi connectivity index (χ1n) is 8.80. The Labute approximate surface area is 158 Å². The van der Waals surface area contributed by atoms with Crippen molar-refractivity contribution in [3.05, 3.63) is 34.3 Å². The minimum Gasteiger partial charge on any atom is -0.443 e. The molecule has 0 spiro atoms. The molecule has 0 saturated heterocycles. The van der Waals surface area contributed by atoms with Gasteiger partial charge in [-0.2, -0.15) is 0 Å². The Kier molecular flexibility index (Phi) is 9.75. The average molecular weight is 413 g/mol. The fourth-order valence-corrected chi connectivity index (χ4v) is 2.76. The zero-order valence-corrected chi connectivity index (χ0v) is 16.7. The van der Waals surface area contributed by atoms with Gasteiger partial charge in [0.1, 0.15) is 5.60 Å². The summed E-state index contributed by atoms with van der Waals surface area (Å²) in [6.07, 6.45) is 5.65. The molecule has 2 amide bonds. The third kappa shape index (κ3) is 10.2. The summed E-state index contributed by atoms with van der Waals surface area (Å²) in [6.45, 7) is 4.47. The fourth-order valence-electron chi connectivity index (χ4n) is 2.50. The molecule has 3 N–H and O–H groups in total. The lowest BCUT2D eigenvalue weighted by atomic mass is 9.99. The van der Waals surface area contributed by atoms with Gasteiger partial charge in [0.25, 0.3) is 0 Å². The summed E-state index contributed by atoms with van der Waals surface area (Å²) >= 11 is 3.34. The highest BCUT2D eigenvalue weighted by Gasteiger charge is 2.23. The Bertz CT molecular complexity index is 544. The van der Waals surface area contributed by atoms with Crippen LogP contribution in [0, 0.1) is 0 Å². The van der Waals surface area contributed by atoms with Crippen LogP contribution >= 0.6 is 15.9 Å². The van der Waals surface area contributed by atoms with E-state index in [1.165, 1.54) is 0 Å². The molecule has 0 saturated carbocycles. The molecule has 5 nitrogen and oxygen atoms in total. The number of unbranched alkanes of at least 4 members (excludes halogenated alkanes) is 4. The van der Waals surface area contributed by atoms with Gasteiger partial charge in [-0.05, 0) is 57.4 Å². The number of nitrogens with one attached hydrogen (secondary N) is 1. The Hall–Kier alpha value is -1.40. The first-order valence-corrected chi connectivity index (χ1v) is 9.59. The minimum absolute atomic E-state index is 0.143. The van der Waals surface area contributed by atoms with E-state index in [0.29, 0.717) is 0 Å². The normalized spacial score (nSPS) is 11.2. The van der Waals surface area contributed by atoms with Crippen LogP contribution in [0.2, 0.25) is 0 Å². The molecule has 0 fully saturated rings. The summed E-state index contributed by atoms with van der Waals surface area (Å²) in [5, 5.41) is 2.29. The summed E-state index contributed by atoms with van der Waals surface area (Å²) in [6, 6.07) is 7.39. The summed E-state index contributed by atoms with van der Waals surface area (Å²) < 4.78 is 6.34. The molecular weight excluding hydrogens is 384 g/mol. The van der Waals surface area contributed by atoms with Crippen molar-refractivity contribution in [2.24, 2.45) is 5.73 Å². The molecule has 0 aliphatic carbocycles. The molecule has 0 aliphatic heterocycles. The first-order chi connectivity index (χ1) is 11.8. The van der Waals surface area contributed by atoms with Crippen LogP contribution in [0.1, 0.15) is 57.9 Å². The van der Waals surface area contributed by atoms with Crippen molar-refractivity contribution in [2.75, 3.05) is 6.54 Å². The monoisotopic (exact) mass is 412 g/mol. The van der Waals surface area contributed by atoms with E-state index in [-0.39, 0.29) is 12.3 Å². The van der Waals surface area contributed by atoms with Crippen LogP contribution < -0.4 is 11.1 Å². The van der Waals surface area contributed by atoms with Crippen LogP contribution in [0.5, 0.6) is 0 Å². The molecule has 0 atom stereocenters. The Morgan fingerprint density at radius 3 is 2.32 bits per heavy atom. The van der Waals surface area contributed by atoms with Gasteiger partial charge in [-0.25, -0.2) is 4.79 Å². The Morgan fingerprint density at radius 2 is 1.68 bits per heavy atom. The molecule has 0 aliphatic rings. The van der Waals surface area contributed by atoms with E-state index in [1.807, 2.05) is 38.1 Å². The van der Waals surface area contributed by atoms with E-state index in [4.69, 9.17) is 10.5 Å². The number of nitrogens with two attached hydrogens (primary N) is 1. The maximum atomic E-state index is 11.9. The zero-order chi connectivity index (χ0) is 18.7. The fraction of sp³-hybridized carbons (Fsp3) is 0.579. The molecule has 140 valence electrons. The van der Waals surface area contributed by atoms with Crippen LogP contribution in [-0.2, 0) is 16.0 Å². The number of carbonyl (C=O) groups excluding carboxylic acids is 2. The predicted octanol–water partition coefficient (Wildman–Crippen LogP) is 4.32. The van der Waals surface area contributed by atoms with Crippen LogP contribution in [0.3, 0.4) is 0 Å². The highest BCUT2D eigenvalue weighted by Crippen LogP contribution is 2.19. The number of hydrogen-bond acceptors (Lipinski definition) is 4. The number of rotatable bonds is 10. The second kappa shape index (κ2) is 11.3. The van der Waals surface area contributed by atoms with Crippen molar-refractivity contribution >= 4 is 27.9 Å². The maximum Gasteiger partial charge on any atom is 0.414 e. The first kappa shape index (κ1) is 21.6. The lowest BCUT2D eigenvalue weighted by Gasteiger charge is -2.25.